The number of aryl methyl sites for hydroxylation is 1. The number of rotatable bonds is 4. The van der Waals surface area contributed by atoms with E-state index in [0.717, 1.165) is 29.9 Å². The summed E-state index contributed by atoms with van der Waals surface area (Å²) < 4.78 is 4.98. The molecule has 0 aromatic carbocycles. The van der Waals surface area contributed by atoms with Crippen LogP contribution >= 0.6 is 0 Å². The van der Waals surface area contributed by atoms with Crippen molar-refractivity contribution in [2.45, 2.75) is 25.8 Å². The van der Waals surface area contributed by atoms with Gasteiger partial charge in [-0.3, -0.25) is 4.79 Å². The quantitative estimate of drug-likeness (QED) is 0.777. The van der Waals surface area contributed by atoms with Crippen molar-refractivity contribution in [2.75, 3.05) is 24.4 Å². The zero-order chi connectivity index (χ0) is 12.3. The number of methoxy groups -OCH3 is 1. The van der Waals surface area contributed by atoms with Crippen LogP contribution in [0.3, 0.4) is 0 Å². The third-order valence-electron chi connectivity index (χ3n) is 2.88. The first-order chi connectivity index (χ1) is 8.22. The van der Waals surface area contributed by atoms with Crippen LogP contribution in [-0.2, 0) is 9.53 Å². The number of hydrogen-bond acceptors (Lipinski definition) is 4. The molecule has 17 heavy (non-hydrogen) atoms. The molecule has 0 fully saturated rings. The highest BCUT2D eigenvalue weighted by atomic mass is 16.5. The van der Waals surface area contributed by atoms with E-state index in [2.05, 4.69) is 15.6 Å². The van der Waals surface area contributed by atoms with E-state index < -0.39 is 0 Å². The van der Waals surface area contributed by atoms with Crippen molar-refractivity contribution in [1.29, 1.82) is 0 Å². The van der Waals surface area contributed by atoms with E-state index in [1.807, 2.05) is 13.0 Å². The van der Waals surface area contributed by atoms with Gasteiger partial charge in [-0.25, -0.2) is 4.98 Å². The number of ether oxygens (including phenoxy) is 1. The fraction of sp³-hybridized carbons (Fsp3) is 0.500. The topological polar surface area (TPSA) is 63.2 Å². The summed E-state index contributed by atoms with van der Waals surface area (Å²) in [5.41, 5.74) is 1.81. The first-order valence-corrected chi connectivity index (χ1v) is 5.74. The van der Waals surface area contributed by atoms with Crippen molar-refractivity contribution in [3.63, 3.8) is 0 Å². The van der Waals surface area contributed by atoms with Crippen LogP contribution < -0.4 is 10.6 Å². The summed E-state index contributed by atoms with van der Waals surface area (Å²) in [6.07, 6.45) is 3.34. The number of carbonyl (C=O) groups is 1. The molecule has 1 aromatic rings. The predicted octanol–water partition coefficient (Wildman–Crippen LogP) is 1.55. The van der Waals surface area contributed by atoms with Gasteiger partial charge in [0.15, 0.2) is 5.82 Å². The SMILES string of the molecule is COCCCC1Nc2nccc(C)c2NC1=O. The number of carbonyl (C=O) groups excluding carboxylic acids is 1. The van der Waals surface area contributed by atoms with E-state index in [1.165, 1.54) is 0 Å². The van der Waals surface area contributed by atoms with Crippen molar-refractivity contribution in [1.82, 2.24) is 4.98 Å². The number of amides is 1. The highest BCUT2D eigenvalue weighted by Crippen LogP contribution is 2.28. The molecule has 0 spiro atoms. The molecule has 1 aliphatic rings. The van der Waals surface area contributed by atoms with Crippen LogP contribution in [0.5, 0.6) is 0 Å². The minimum atomic E-state index is -0.216. The van der Waals surface area contributed by atoms with E-state index in [4.69, 9.17) is 4.74 Å². The first kappa shape index (κ1) is 11.9. The van der Waals surface area contributed by atoms with Crippen LogP contribution in [-0.4, -0.2) is 30.6 Å². The summed E-state index contributed by atoms with van der Waals surface area (Å²) in [5, 5.41) is 6.07. The Labute approximate surface area is 101 Å². The normalized spacial score (nSPS) is 18.2. The number of fused-ring (bicyclic) bond motifs is 1. The van der Waals surface area contributed by atoms with Crippen LogP contribution in [0, 0.1) is 6.92 Å². The molecule has 0 saturated carbocycles. The minimum absolute atomic E-state index is 0.00435. The molecule has 0 radical (unpaired) electrons. The molecule has 0 bridgehead atoms. The Balaban J connectivity index is 2.08. The standard InChI is InChI=1S/C12H17N3O2/c1-8-5-6-13-11-10(8)15-12(16)9(14-11)4-3-7-17-2/h5-6,9H,3-4,7H2,1-2H3,(H,13,14)(H,15,16). The summed E-state index contributed by atoms with van der Waals surface area (Å²) in [5.74, 6) is 0.761. The Morgan fingerprint density at radius 1 is 1.53 bits per heavy atom. The van der Waals surface area contributed by atoms with Gasteiger partial charge in [0.05, 0.1) is 5.69 Å². The van der Waals surface area contributed by atoms with Gasteiger partial charge in [0.25, 0.3) is 0 Å². The zero-order valence-corrected chi connectivity index (χ0v) is 10.1. The van der Waals surface area contributed by atoms with E-state index in [-0.39, 0.29) is 11.9 Å². The second-order valence-corrected chi connectivity index (χ2v) is 4.17. The molecule has 1 atom stereocenters. The van der Waals surface area contributed by atoms with Crippen LogP contribution in [0.25, 0.3) is 0 Å². The highest BCUT2D eigenvalue weighted by molar-refractivity contribution is 6.02. The average molecular weight is 235 g/mol. The molecule has 1 unspecified atom stereocenters. The van der Waals surface area contributed by atoms with Gasteiger partial charge in [-0.1, -0.05) is 0 Å². The molecule has 2 heterocycles. The predicted molar refractivity (Wildman–Crippen MR) is 66.1 cm³/mol. The maximum atomic E-state index is 11.9. The summed E-state index contributed by atoms with van der Waals surface area (Å²) >= 11 is 0. The second-order valence-electron chi connectivity index (χ2n) is 4.17. The largest absolute Gasteiger partial charge is 0.385 e. The second kappa shape index (κ2) is 5.14. The monoisotopic (exact) mass is 235 g/mol. The molecule has 92 valence electrons. The van der Waals surface area contributed by atoms with Crippen molar-refractivity contribution >= 4 is 17.4 Å². The Morgan fingerprint density at radius 3 is 3.12 bits per heavy atom. The third-order valence-corrected chi connectivity index (χ3v) is 2.88. The average Bonchev–Trinajstić information content (AvgIpc) is 2.31. The van der Waals surface area contributed by atoms with Gasteiger partial charge in [-0.05, 0) is 31.4 Å². The lowest BCUT2D eigenvalue weighted by Crippen LogP contribution is -2.39. The molecule has 5 nitrogen and oxygen atoms in total. The zero-order valence-electron chi connectivity index (χ0n) is 10.1. The lowest BCUT2D eigenvalue weighted by atomic mass is 10.1. The number of nitrogens with one attached hydrogen (secondary N) is 2. The number of hydrogen-bond donors (Lipinski definition) is 2. The van der Waals surface area contributed by atoms with Gasteiger partial charge in [0, 0.05) is 19.9 Å². The van der Waals surface area contributed by atoms with Gasteiger partial charge in [-0.2, -0.15) is 0 Å². The number of aromatic nitrogens is 1. The fourth-order valence-corrected chi connectivity index (χ4v) is 1.90. The van der Waals surface area contributed by atoms with Gasteiger partial charge in [-0.15, -0.1) is 0 Å². The van der Waals surface area contributed by atoms with Crippen LogP contribution in [0.4, 0.5) is 11.5 Å². The summed E-state index contributed by atoms with van der Waals surface area (Å²) in [6.45, 7) is 2.62. The number of pyridine rings is 1. The smallest absolute Gasteiger partial charge is 0.247 e. The Bertz CT molecular complexity index is 420. The lowest BCUT2D eigenvalue weighted by molar-refractivity contribution is -0.117. The van der Waals surface area contributed by atoms with E-state index >= 15 is 0 Å². The molecule has 1 aromatic heterocycles. The molecule has 2 N–H and O–H groups in total. The van der Waals surface area contributed by atoms with E-state index in [1.54, 1.807) is 13.3 Å². The molecular weight excluding hydrogens is 218 g/mol. The molecule has 1 amide bonds. The fourth-order valence-electron chi connectivity index (χ4n) is 1.90. The molecule has 5 heteroatoms. The first-order valence-electron chi connectivity index (χ1n) is 5.74. The number of anilines is 2. The van der Waals surface area contributed by atoms with E-state index in [0.29, 0.717) is 6.61 Å². The third kappa shape index (κ3) is 2.55. The molecule has 0 aliphatic carbocycles. The Hall–Kier alpha value is -1.62. The van der Waals surface area contributed by atoms with Crippen molar-refractivity contribution < 1.29 is 9.53 Å². The van der Waals surface area contributed by atoms with Crippen LogP contribution in [0.1, 0.15) is 18.4 Å². The van der Waals surface area contributed by atoms with E-state index in [9.17, 15) is 4.79 Å². The van der Waals surface area contributed by atoms with Gasteiger partial charge in [0.1, 0.15) is 6.04 Å². The van der Waals surface area contributed by atoms with Crippen molar-refractivity contribution in [3.8, 4) is 0 Å². The van der Waals surface area contributed by atoms with Crippen molar-refractivity contribution in [2.24, 2.45) is 0 Å². The Morgan fingerprint density at radius 2 is 2.35 bits per heavy atom. The maximum absolute atomic E-state index is 11.9. The molecule has 1 aliphatic heterocycles. The molecule has 2 rings (SSSR count). The van der Waals surface area contributed by atoms with Crippen molar-refractivity contribution in [3.05, 3.63) is 17.8 Å². The molecule has 0 saturated heterocycles. The summed E-state index contributed by atoms with van der Waals surface area (Å²) in [7, 11) is 1.66. The summed E-state index contributed by atoms with van der Waals surface area (Å²) in [4.78, 5) is 16.1. The lowest BCUT2D eigenvalue weighted by Gasteiger charge is -2.26. The van der Waals surface area contributed by atoms with Gasteiger partial charge in [0.2, 0.25) is 5.91 Å². The van der Waals surface area contributed by atoms with Gasteiger partial charge < -0.3 is 15.4 Å². The number of nitrogens with zero attached hydrogens (tertiary/aromatic N) is 1. The van der Waals surface area contributed by atoms with Crippen LogP contribution in [0.2, 0.25) is 0 Å². The van der Waals surface area contributed by atoms with Gasteiger partial charge >= 0.3 is 0 Å². The van der Waals surface area contributed by atoms with Crippen LogP contribution in [0.15, 0.2) is 12.3 Å². The Kier molecular flexibility index (Phi) is 3.58. The maximum Gasteiger partial charge on any atom is 0.247 e. The summed E-state index contributed by atoms with van der Waals surface area (Å²) in [6, 6.07) is 1.67. The highest BCUT2D eigenvalue weighted by Gasteiger charge is 2.26. The minimum Gasteiger partial charge on any atom is -0.385 e. The molecular formula is C12H17N3O2.